The van der Waals surface area contributed by atoms with Gasteiger partial charge < -0.3 is 15.5 Å². The van der Waals surface area contributed by atoms with Crippen LogP contribution < -0.4 is 15.5 Å². The van der Waals surface area contributed by atoms with Crippen LogP contribution in [0.4, 0.5) is 28.4 Å². The van der Waals surface area contributed by atoms with E-state index in [0.29, 0.717) is 6.42 Å². The van der Waals surface area contributed by atoms with Gasteiger partial charge in [-0.1, -0.05) is 97.1 Å². The normalized spacial score (nSPS) is 16.4. The Morgan fingerprint density at radius 3 is 1.23 bits per heavy atom. The molecule has 3 nitrogen and oxygen atoms in total. The third kappa shape index (κ3) is 5.13. The third-order valence-corrected chi connectivity index (χ3v) is 7.18. The number of benzene rings is 5. The lowest BCUT2D eigenvalue weighted by Crippen LogP contribution is -2.36. The molecule has 0 spiro atoms. The molecule has 0 aromatic heterocycles. The van der Waals surface area contributed by atoms with Crippen LogP contribution in [0.25, 0.3) is 0 Å². The van der Waals surface area contributed by atoms with Gasteiger partial charge in [0.25, 0.3) is 0 Å². The summed E-state index contributed by atoms with van der Waals surface area (Å²) in [5.41, 5.74) is 14.2. The summed E-state index contributed by atoms with van der Waals surface area (Å²) in [6.45, 7) is 0. The molecular formula is C36H31N3. The zero-order valence-corrected chi connectivity index (χ0v) is 21.8. The Hall–Kier alpha value is -4.86. The predicted octanol–water partition coefficient (Wildman–Crippen LogP) is 8.99. The topological polar surface area (TPSA) is 32.5 Å². The molecule has 1 aliphatic carbocycles. The zero-order valence-electron chi connectivity index (χ0n) is 21.8. The average Bonchev–Trinajstić information content (AvgIpc) is 3.01. The summed E-state index contributed by atoms with van der Waals surface area (Å²) < 4.78 is 0. The Balaban J connectivity index is 1.29. The lowest BCUT2D eigenvalue weighted by molar-refractivity contribution is 0.562. The van der Waals surface area contributed by atoms with Gasteiger partial charge in [-0.05, 0) is 78.7 Å². The summed E-state index contributed by atoms with van der Waals surface area (Å²) in [7, 11) is 0. The van der Waals surface area contributed by atoms with Gasteiger partial charge in [0.05, 0.1) is 5.54 Å². The quantitative estimate of drug-likeness (QED) is 0.239. The molecule has 0 fully saturated rings. The molecular weight excluding hydrogens is 474 g/mol. The minimum atomic E-state index is -0.578. The van der Waals surface area contributed by atoms with Crippen LogP contribution in [0, 0.1) is 0 Å². The van der Waals surface area contributed by atoms with Crippen molar-refractivity contribution >= 4 is 28.4 Å². The summed E-state index contributed by atoms with van der Waals surface area (Å²) in [6, 6.07) is 50.4. The number of nitrogens with two attached hydrogens (primary N) is 1. The summed E-state index contributed by atoms with van der Waals surface area (Å²) in [4.78, 5) is 4.54. The van der Waals surface area contributed by atoms with Gasteiger partial charge in [-0.25, -0.2) is 0 Å². The summed E-state index contributed by atoms with van der Waals surface area (Å²) in [5, 5.41) is 0. The first kappa shape index (κ1) is 24.5. The van der Waals surface area contributed by atoms with E-state index in [1.54, 1.807) is 0 Å². The molecule has 0 saturated carbocycles. The van der Waals surface area contributed by atoms with Crippen molar-refractivity contribution in [2.75, 3.05) is 9.80 Å². The number of nitrogens with zero attached hydrogens (tertiary/aromatic N) is 2. The van der Waals surface area contributed by atoms with Crippen LogP contribution in [0.3, 0.4) is 0 Å². The Kier molecular flexibility index (Phi) is 6.82. The number of anilines is 5. The fraction of sp³-hybridized carbons (Fsp3) is 0.0556. The zero-order chi connectivity index (χ0) is 26.5. The first-order valence-electron chi connectivity index (χ1n) is 13.3. The molecule has 5 aromatic rings. The van der Waals surface area contributed by atoms with Crippen LogP contribution in [0.5, 0.6) is 0 Å². The predicted molar refractivity (Wildman–Crippen MR) is 164 cm³/mol. The van der Waals surface area contributed by atoms with Crippen molar-refractivity contribution in [2.24, 2.45) is 5.73 Å². The van der Waals surface area contributed by atoms with Crippen molar-refractivity contribution in [3.05, 3.63) is 175 Å². The van der Waals surface area contributed by atoms with Crippen LogP contribution in [-0.4, -0.2) is 0 Å². The van der Waals surface area contributed by atoms with Crippen molar-refractivity contribution < 1.29 is 0 Å². The van der Waals surface area contributed by atoms with Crippen LogP contribution in [0.2, 0.25) is 0 Å². The summed E-state index contributed by atoms with van der Waals surface area (Å²) in [6.07, 6.45) is 7.24. The molecule has 0 amide bonds. The molecule has 2 N–H and O–H groups in total. The Morgan fingerprint density at radius 2 is 0.846 bits per heavy atom. The van der Waals surface area contributed by atoms with Crippen molar-refractivity contribution in [3.8, 4) is 0 Å². The molecule has 0 heterocycles. The van der Waals surface area contributed by atoms with Crippen molar-refractivity contribution in [1.29, 1.82) is 0 Å². The van der Waals surface area contributed by atoms with E-state index in [-0.39, 0.29) is 0 Å². The van der Waals surface area contributed by atoms with E-state index in [4.69, 9.17) is 5.73 Å². The maximum Gasteiger partial charge on any atom is 0.0634 e. The van der Waals surface area contributed by atoms with E-state index in [2.05, 4.69) is 149 Å². The molecule has 0 aliphatic heterocycles. The molecule has 190 valence electrons. The fourth-order valence-electron chi connectivity index (χ4n) is 5.15. The first-order chi connectivity index (χ1) is 19.2. The molecule has 1 unspecified atom stereocenters. The molecule has 0 radical (unpaired) electrons. The second-order valence-electron chi connectivity index (χ2n) is 9.77. The maximum atomic E-state index is 7.01. The van der Waals surface area contributed by atoms with Gasteiger partial charge in [0.2, 0.25) is 0 Å². The number of hydrogen-bond acceptors (Lipinski definition) is 3. The van der Waals surface area contributed by atoms with Crippen LogP contribution in [-0.2, 0) is 5.54 Å². The SMILES string of the molecule is NC1(c2ccc(N(c3ccccc3)c3ccccc3)cc2)C=CC(N(c2ccccc2)c2ccccc2)=CC1. The van der Waals surface area contributed by atoms with Crippen molar-refractivity contribution in [2.45, 2.75) is 12.0 Å². The average molecular weight is 506 g/mol. The van der Waals surface area contributed by atoms with Crippen LogP contribution in [0.15, 0.2) is 170 Å². The van der Waals surface area contributed by atoms with Gasteiger partial charge in [-0.15, -0.1) is 0 Å². The van der Waals surface area contributed by atoms with E-state index >= 15 is 0 Å². The number of hydrogen-bond donors (Lipinski definition) is 1. The van der Waals surface area contributed by atoms with E-state index in [9.17, 15) is 0 Å². The van der Waals surface area contributed by atoms with Crippen molar-refractivity contribution in [1.82, 2.24) is 0 Å². The molecule has 0 saturated heterocycles. The molecule has 5 aromatic carbocycles. The molecule has 39 heavy (non-hydrogen) atoms. The highest BCUT2D eigenvalue weighted by Gasteiger charge is 2.28. The summed E-state index contributed by atoms with van der Waals surface area (Å²) >= 11 is 0. The molecule has 1 atom stereocenters. The monoisotopic (exact) mass is 505 g/mol. The standard InChI is InChI=1S/C36H31N3/c37-36(27-25-35(26-28-36)39(32-17-9-3-10-18-32)33-19-11-4-12-20-33)29-21-23-34(24-22-29)38(30-13-5-1-6-14-30)31-15-7-2-8-16-31/h1-27H,28,37H2. The van der Waals surface area contributed by atoms with Gasteiger partial charge in [-0.2, -0.15) is 0 Å². The summed E-state index contributed by atoms with van der Waals surface area (Å²) in [5.74, 6) is 0. The van der Waals surface area contributed by atoms with Crippen LogP contribution >= 0.6 is 0 Å². The Labute approximate surface area is 230 Å². The first-order valence-corrected chi connectivity index (χ1v) is 13.3. The van der Waals surface area contributed by atoms with E-state index in [1.807, 2.05) is 24.3 Å². The van der Waals surface area contributed by atoms with Gasteiger partial charge >= 0.3 is 0 Å². The number of rotatable bonds is 7. The Morgan fingerprint density at radius 1 is 0.462 bits per heavy atom. The highest BCUT2D eigenvalue weighted by Crippen LogP contribution is 2.38. The fourth-order valence-corrected chi connectivity index (χ4v) is 5.15. The highest BCUT2D eigenvalue weighted by molar-refractivity contribution is 5.76. The van der Waals surface area contributed by atoms with Gasteiger partial charge in [-0.3, -0.25) is 0 Å². The largest absolute Gasteiger partial charge is 0.318 e. The highest BCUT2D eigenvalue weighted by atomic mass is 15.2. The second-order valence-corrected chi connectivity index (χ2v) is 9.77. The minimum Gasteiger partial charge on any atom is -0.318 e. The van der Waals surface area contributed by atoms with E-state index < -0.39 is 5.54 Å². The smallest absolute Gasteiger partial charge is 0.0634 e. The van der Waals surface area contributed by atoms with E-state index in [1.165, 1.54) is 0 Å². The molecule has 3 heteroatoms. The molecule has 1 aliphatic rings. The van der Waals surface area contributed by atoms with Crippen LogP contribution in [0.1, 0.15) is 12.0 Å². The lowest BCUT2D eigenvalue weighted by Gasteiger charge is -2.33. The van der Waals surface area contributed by atoms with Gasteiger partial charge in [0.15, 0.2) is 0 Å². The number of allylic oxidation sites excluding steroid dienone is 1. The second kappa shape index (κ2) is 10.9. The third-order valence-electron chi connectivity index (χ3n) is 7.18. The minimum absolute atomic E-state index is 0.578. The van der Waals surface area contributed by atoms with E-state index in [0.717, 1.165) is 39.7 Å². The van der Waals surface area contributed by atoms with Crippen molar-refractivity contribution in [3.63, 3.8) is 0 Å². The molecule has 6 rings (SSSR count). The Bertz CT molecular complexity index is 1480. The van der Waals surface area contributed by atoms with Gasteiger partial charge in [0, 0.05) is 34.1 Å². The molecule has 0 bridgehead atoms. The number of para-hydroxylation sites is 4. The lowest BCUT2D eigenvalue weighted by atomic mass is 9.84. The maximum absolute atomic E-state index is 7.01. The van der Waals surface area contributed by atoms with Gasteiger partial charge in [0.1, 0.15) is 0 Å².